The minimum Gasteiger partial charge on any atom is -0.412 e. The summed E-state index contributed by atoms with van der Waals surface area (Å²) in [4.78, 5) is 18.2. The van der Waals surface area contributed by atoms with E-state index in [0.29, 0.717) is 12.1 Å². The van der Waals surface area contributed by atoms with Crippen LogP contribution in [0.15, 0.2) is 28.9 Å². The zero-order valence-electron chi connectivity index (χ0n) is 12.1. The third kappa shape index (κ3) is 3.66. The van der Waals surface area contributed by atoms with Gasteiger partial charge in [-0.25, -0.2) is 0 Å². The Morgan fingerprint density at radius 1 is 1.32 bits per heavy atom. The molecule has 1 fully saturated rings. The van der Waals surface area contributed by atoms with Gasteiger partial charge < -0.3 is 14.5 Å². The number of amides is 1. The largest absolute Gasteiger partial charge is 0.412 e. The van der Waals surface area contributed by atoms with Crippen molar-refractivity contribution in [1.82, 2.24) is 25.4 Å². The number of nitrogens with zero attached hydrogens (tertiary/aromatic N) is 4. The van der Waals surface area contributed by atoms with Crippen molar-refractivity contribution in [2.24, 2.45) is 0 Å². The summed E-state index contributed by atoms with van der Waals surface area (Å²) in [6, 6.07) is 3.56. The summed E-state index contributed by atoms with van der Waals surface area (Å²) >= 11 is 0. The maximum atomic E-state index is 12.0. The van der Waals surface area contributed by atoms with E-state index in [4.69, 9.17) is 9.15 Å². The molecule has 0 radical (unpaired) electrons. The maximum Gasteiger partial charge on any atom is 0.308 e. The van der Waals surface area contributed by atoms with Gasteiger partial charge in [-0.1, -0.05) is 0 Å². The number of nitrogens with one attached hydrogen (secondary N) is 1. The first-order valence-corrected chi connectivity index (χ1v) is 7.15. The van der Waals surface area contributed by atoms with E-state index in [9.17, 15) is 4.79 Å². The highest BCUT2D eigenvalue weighted by Crippen LogP contribution is 2.15. The highest BCUT2D eigenvalue weighted by atomic mass is 16.5. The normalized spacial score (nSPS) is 15.6. The fourth-order valence-electron chi connectivity index (χ4n) is 2.15. The molecule has 8 nitrogen and oxygen atoms in total. The molecule has 0 unspecified atom stereocenters. The lowest BCUT2D eigenvalue weighted by molar-refractivity contribution is 0.0382. The SMILES string of the molecule is O=C(NCCN1CCOCC1)c1nnc(-c2cccnc2)o1. The molecule has 0 spiro atoms. The predicted octanol–water partition coefficient (Wildman–Crippen LogP) is 0.194. The summed E-state index contributed by atoms with van der Waals surface area (Å²) < 4.78 is 10.6. The van der Waals surface area contributed by atoms with Crippen molar-refractivity contribution < 1.29 is 13.9 Å². The summed E-state index contributed by atoms with van der Waals surface area (Å²) in [7, 11) is 0. The van der Waals surface area contributed by atoms with E-state index in [0.717, 1.165) is 32.8 Å². The van der Waals surface area contributed by atoms with Crippen molar-refractivity contribution in [3.63, 3.8) is 0 Å². The van der Waals surface area contributed by atoms with Gasteiger partial charge in [-0.3, -0.25) is 14.7 Å². The van der Waals surface area contributed by atoms with Gasteiger partial charge in [0, 0.05) is 38.6 Å². The van der Waals surface area contributed by atoms with Crippen molar-refractivity contribution in [3.05, 3.63) is 30.4 Å². The van der Waals surface area contributed by atoms with E-state index in [-0.39, 0.29) is 17.7 Å². The Morgan fingerprint density at radius 3 is 2.95 bits per heavy atom. The van der Waals surface area contributed by atoms with Gasteiger partial charge in [-0.2, -0.15) is 0 Å². The third-order valence-electron chi connectivity index (χ3n) is 3.35. The van der Waals surface area contributed by atoms with Crippen LogP contribution in [-0.4, -0.2) is 65.4 Å². The Morgan fingerprint density at radius 2 is 2.18 bits per heavy atom. The minimum atomic E-state index is -0.365. The number of carbonyl (C=O) groups excluding carboxylic acids is 1. The van der Waals surface area contributed by atoms with E-state index in [2.05, 4.69) is 25.4 Å². The average Bonchev–Trinajstić information content (AvgIpc) is 3.07. The van der Waals surface area contributed by atoms with E-state index >= 15 is 0 Å². The van der Waals surface area contributed by atoms with Crippen LogP contribution in [0.5, 0.6) is 0 Å². The second kappa shape index (κ2) is 7.10. The molecule has 2 aromatic rings. The summed E-state index contributed by atoms with van der Waals surface area (Å²) in [5, 5.41) is 10.4. The van der Waals surface area contributed by atoms with E-state index < -0.39 is 0 Å². The second-order valence-electron chi connectivity index (χ2n) is 4.86. The van der Waals surface area contributed by atoms with E-state index in [1.807, 2.05) is 0 Å². The van der Waals surface area contributed by atoms with Crippen LogP contribution in [0.2, 0.25) is 0 Å². The molecular weight excluding hydrogens is 286 g/mol. The molecule has 2 aromatic heterocycles. The standard InChI is InChI=1S/C14H17N5O3/c20-12(16-4-5-19-6-8-21-9-7-19)14-18-17-13(22-14)11-2-1-3-15-10-11/h1-3,10H,4-9H2,(H,16,20). The van der Waals surface area contributed by atoms with Gasteiger partial charge in [0.1, 0.15) is 0 Å². The van der Waals surface area contributed by atoms with Gasteiger partial charge >= 0.3 is 11.8 Å². The Balaban J connectivity index is 1.51. The highest BCUT2D eigenvalue weighted by Gasteiger charge is 2.16. The lowest BCUT2D eigenvalue weighted by atomic mass is 10.3. The van der Waals surface area contributed by atoms with E-state index in [1.54, 1.807) is 24.5 Å². The van der Waals surface area contributed by atoms with Crippen LogP contribution in [0.3, 0.4) is 0 Å². The molecule has 8 heteroatoms. The van der Waals surface area contributed by atoms with Crippen molar-refractivity contribution >= 4 is 5.91 Å². The summed E-state index contributed by atoms with van der Waals surface area (Å²) in [6.45, 7) is 4.57. The molecule has 3 heterocycles. The summed E-state index contributed by atoms with van der Waals surface area (Å²) in [5.41, 5.74) is 0.683. The van der Waals surface area contributed by atoms with Crippen molar-refractivity contribution in [1.29, 1.82) is 0 Å². The summed E-state index contributed by atoms with van der Waals surface area (Å²) in [6.07, 6.45) is 3.26. The number of morpholine rings is 1. The number of rotatable bonds is 5. The van der Waals surface area contributed by atoms with E-state index in [1.165, 1.54) is 0 Å². The lowest BCUT2D eigenvalue weighted by Crippen LogP contribution is -2.41. The molecule has 0 atom stereocenters. The zero-order valence-corrected chi connectivity index (χ0v) is 12.1. The molecule has 116 valence electrons. The van der Waals surface area contributed by atoms with Crippen LogP contribution in [-0.2, 0) is 4.74 Å². The molecule has 0 saturated carbocycles. The van der Waals surface area contributed by atoms with Crippen LogP contribution in [0.4, 0.5) is 0 Å². The molecule has 1 aliphatic heterocycles. The Hall–Kier alpha value is -2.32. The zero-order chi connectivity index (χ0) is 15.2. The number of carbonyl (C=O) groups is 1. The molecule has 22 heavy (non-hydrogen) atoms. The van der Waals surface area contributed by atoms with Crippen molar-refractivity contribution in [2.45, 2.75) is 0 Å². The van der Waals surface area contributed by atoms with Crippen molar-refractivity contribution in [3.8, 4) is 11.5 Å². The molecule has 1 aliphatic rings. The maximum absolute atomic E-state index is 12.0. The fourth-order valence-corrected chi connectivity index (χ4v) is 2.15. The number of aromatic nitrogens is 3. The third-order valence-corrected chi connectivity index (χ3v) is 3.35. The Kier molecular flexibility index (Phi) is 4.71. The van der Waals surface area contributed by atoms with Gasteiger partial charge in [0.15, 0.2) is 0 Å². The van der Waals surface area contributed by atoms with Gasteiger partial charge in [0.05, 0.1) is 18.8 Å². The fraction of sp³-hybridized carbons (Fsp3) is 0.429. The predicted molar refractivity (Wildman–Crippen MR) is 77.1 cm³/mol. The first-order chi connectivity index (χ1) is 10.8. The van der Waals surface area contributed by atoms with Crippen LogP contribution >= 0.6 is 0 Å². The van der Waals surface area contributed by atoms with Crippen molar-refractivity contribution in [2.75, 3.05) is 39.4 Å². The topological polar surface area (TPSA) is 93.4 Å². The molecule has 1 saturated heterocycles. The molecule has 3 rings (SSSR count). The minimum absolute atomic E-state index is 0.0409. The van der Waals surface area contributed by atoms with Crippen LogP contribution < -0.4 is 5.32 Å². The average molecular weight is 303 g/mol. The van der Waals surface area contributed by atoms with Crippen LogP contribution in [0.25, 0.3) is 11.5 Å². The highest BCUT2D eigenvalue weighted by molar-refractivity contribution is 5.89. The Labute approximate surface area is 127 Å². The Bertz CT molecular complexity index is 610. The van der Waals surface area contributed by atoms with Gasteiger partial charge in [0.2, 0.25) is 5.89 Å². The molecule has 1 N–H and O–H groups in total. The number of hydrogen-bond donors (Lipinski definition) is 1. The second-order valence-corrected chi connectivity index (χ2v) is 4.86. The first kappa shape index (κ1) is 14.6. The summed E-state index contributed by atoms with van der Waals surface area (Å²) in [5.74, 6) is -0.122. The quantitative estimate of drug-likeness (QED) is 0.843. The smallest absolute Gasteiger partial charge is 0.308 e. The number of pyridine rings is 1. The number of ether oxygens (including phenoxy) is 1. The van der Waals surface area contributed by atoms with Crippen LogP contribution in [0, 0.1) is 0 Å². The molecule has 1 amide bonds. The van der Waals surface area contributed by atoms with Gasteiger partial charge in [-0.15, -0.1) is 10.2 Å². The lowest BCUT2D eigenvalue weighted by Gasteiger charge is -2.26. The van der Waals surface area contributed by atoms with Crippen LogP contribution in [0.1, 0.15) is 10.7 Å². The molecule has 0 bridgehead atoms. The van der Waals surface area contributed by atoms with Gasteiger partial charge in [0.25, 0.3) is 0 Å². The number of hydrogen-bond acceptors (Lipinski definition) is 7. The monoisotopic (exact) mass is 303 g/mol. The van der Waals surface area contributed by atoms with Gasteiger partial charge in [-0.05, 0) is 12.1 Å². The first-order valence-electron chi connectivity index (χ1n) is 7.15. The molecule has 0 aliphatic carbocycles. The molecule has 0 aromatic carbocycles. The molecular formula is C14H17N5O3.